The van der Waals surface area contributed by atoms with Crippen molar-refractivity contribution in [1.82, 2.24) is 10.6 Å². The Morgan fingerprint density at radius 2 is 2.00 bits per heavy atom. The predicted octanol–water partition coefficient (Wildman–Crippen LogP) is 0.324. The first-order valence-electron chi connectivity index (χ1n) is 5.35. The molecule has 1 saturated heterocycles. The largest absolute Gasteiger partial charge is 0.352 e. The fourth-order valence-corrected chi connectivity index (χ4v) is 2.18. The molecule has 2 aliphatic rings. The molecule has 0 aromatic carbocycles. The summed E-state index contributed by atoms with van der Waals surface area (Å²) >= 11 is 0. The minimum absolute atomic E-state index is 0.00255. The first-order chi connectivity index (χ1) is 6.75. The summed E-state index contributed by atoms with van der Waals surface area (Å²) in [4.78, 5) is 22.5. The third kappa shape index (κ3) is 2.05. The standard InChI is InChI=1S/C10H16N2O2/c13-9-6-5-8(12-9)10(14)11-7-3-1-2-4-7/h7-8H,1-6H2,(H,11,14)(H,12,13). The lowest BCUT2D eigenvalue weighted by Crippen LogP contribution is -2.45. The van der Waals surface area contributed by atoms with Crippen molar-refractivity contribution in [2.24, 2.45) is 0 Å². The Kier molecular flexibility index (Phi) is 2.70. The summed E-state index contributed by atoms with van der Waals surface area (Å²) in [6.45, 7) is 0. The number of amides is 2. The van der Waals surface area contributed by atoms with Crippen LogP contribution in [0.25, 0.3) is 0 Å². The van der Waals surface area contributed by atoms with Crippen molar-refractivity contribution in [3.8, 4) is 0 Å². The van der Waals surface area contributed by atoms with Crippen molar-refractivity contribution >= 4 is 11.8 Å². The van der Waals surface area contributed by atoms with Gasteiger partial charge in [0.25, 0.3) is 0 Å². The average Bonchev–Trinajstić information content (AvgIpc) is 2.75. The maximum atomic E-state index is 11.6. The molecule has 2 amide bonds. The Labute approximate surface area is 83.4 Å². The van der Waals surface area contributed by atoms with Crippen LogP contribution < -0.4 is 10.6 Å². The molecular formula is C10H16N2O2. The molecule has 2 N–H and O–H groups in total. The van der Waals surface area contributed by atoms with Crippen LogP contribution in [-0.2, 0) is 9.59 Å². The van der Waals surface area contributed by atoms with E-state index in [1.165, 1.54) is 12.8 Å². The quantitative estimate of drug-likeness (QED) is 0.668. The fraction of sp³-hybridized carbons (Fsp3) is 0.800. The summed E-state index contributed by atoms with van der Waals surface area (Å²) < 4.78 is 0. The van der Waals surface area contributed by atoms with E-state index in [-0.39, 0.29) is 17.9 Å². The van der Waals surface area contributed by atoms with Crippen LogP contribution in [0.4, 0.5) is 0 Å². The monoisotopic (exact) mass is 196 g/mol. The first-order valence-corrected chi connectivity index (χ1v) is 5.35. The van der Waals surface area contributed by atoms with Gasteiger partial charge >= 0.3 is 0 Å². The van der Waals surface area contributed by atoms with Gasteiger partial charge in [-0.3, -0.25) is 9.59 Å². The highest BCUT2D eigenvalue weighted by Gasteiger charge is 2.28. The average molecular weight is 196 g/mol. The number of nitrogens with one attached hydrogen (secondary N) is 2. The van der Waals surface area contributed by atoms with Crippen molar-refractivity contribution in [2.45, 2.75) is 50.6 Å². The molecule has 0 bridgehead atoms. The van der Waals surface area contributed by atoms with Crippen molar-refractivity contribution in [3.05, 3.63) is 0 Å². The summed E-state index contributed by atoms with van der Waals surface area (Å²) in [6, 6.07) is 0.0723. The summed E-state index contributed by atoms with van der Waals surface area (Å²) in [5, 5.41) is 5.66. The van der Waals surface area contributed by atoms with E-state index >= 15 is 0 Å². The summed E-state index contributed by atoms with van der Waals surface area (Å²) in [6.07, 6.45) is 5.74. The molecule has 1 heterocycles. The van der Waals surface area contributed by atoms with Crippen LogP contribution in [0, 0.1) is 0 Å². The molecule has 0 radical (unpaired) electrons. The van der Waals surface area contributed by atoms with Crippen molar-refractivity contribution in [2.75, 3.05) is 0 Å². The molecule has 4 heteroatoms. The number of hydrogen-bond donors (Lipinski definition) is 2. The maximum absolute atomic E-state index is 11.6. The molecular weight excluding hydrogens is 180 g/mol. The Bertz CT molecular complexity index is 247. The van der Waals surface area contributed by atoms with Gasteiger partial charge in [-0.1, -0.05) is 12.8 Å². The van der Waals surface area contributed by atoms with E-state index in [0.29, 0.717) is 18.9 Å². The Balaban J connectivity index is 1.80. The lowest BCUT2D eigenvalue weighted by atomic mass is 10.2. The number of hydrogen-bond acceptors (Lipinski definition) is 2. The predicted molar refractivity (Wildman–Crippen MR) is 51.6 cm³/mol. The molecule has 1 atom stereocenters. The van der Waals surface area contributed by atoms with E-state index in [9.17, 15) is 9.59 Å². The maximum Gasteiger partial charge on any atom is 0.242 e. The van der Waals surface area contributed by atoms with Gasteiger partial charge in [0, 0.05) is 12.5 Å². The molecule has 78 valence electrons. The van der Waals surface area contributed by atoms with E-state index in [2.05, 4.69) is 10.6 Å². The highest BCUT2D eigenvalue weighted by Crippen LogP contribution is 2.18. The molecule has 1 aliphatic heterocycles. The van der Waals surface area contributed by atoms with Crippen molar-refractivity contribution in [3.63, 3.8) is 0 Å². The zero-order chi connectivity index (χ0) is 9.97. The fourth-order valence-electron chi connectivity index (χ4n) is 2.18. The van der Waals surface area contributed by atoms with Gasteiger partial charge in [-0.2, -0.15) is 0 Å². The van der Waals surface area contributed by atoms with E-state index in [1.54, 1.807) is 0 Å². The summed E-state index contributed by atoms with van der Waals surface area (Å²) in [5.41, 5.74) is 0. The second-order valence-electron chi connectivity index (χ2n) is 4.15. The molecule has 1 saturated carbocycles. The highest BCUT2D eigenvalue weighted by molar-refractivity contribution is 5.90. The first kappa shape index (κ1) is 9.49. The minimum atomic E-state index is -0.275. The van der Waals surface area contributed by atoms with Crippen LogP contribution >= 0.6 is 0 Å². The van der Waals surface area contributed by atoms with Gasteiger partial charge in [0.2, 0.25) is 11.8 Å². The SMILES string of the molecule is O=C1CCC(C(=O)NC2CCCC2)N1. The van der Waals surface area contributed by atoms with Gasteiger partial charge < -0.3 is 10.6 Å². The molecule has 4 nitrogen and oxygen atoms in total. The lowest BCUT2D eigenvalue weighted by molar-refractivity contribution is -0.126. The summed E-state index contributed by atoms with van der Waals surface area (Å²) in [7, 11) is 0. The van der Waals surface area contributed by atoms with Crippen molar-refractivity contribution < 1.29 is 9.59 Å². The normalized spacial score (nSPS) is 27.7. The molecule has 1 aliphatic carbocycles. The Hall–Kier alpha value is -1.06. The Morgan fingerprint density at radius 1 is 1.29 bits per heavy atom. The van der Waals surface area contributed by atoms with Crippen LogP contribution in [0.15, 0.2) is 0 Å². The smallest absolute Gasteiger partial charge is 0.242 e. The topological polar surface area (TPSA) is 58.2 Å². The van der Waals surface area contributed by atoms with Gasteiger partial charge in [0.05, 0.1) is 0 Å². The van der Waals surface area contributed by atoms with Gasteiger partial charge in [-0.05, 0) is 19.3 Å². The molecule has 0 aromatic heterocycles. The van der Waals surface area contributed by atoms with Crippen LogP contribution in [0.3, 0.4) is 0 Å². The van der Waals surface area contributed by atoms with Gasteiger partial charge in [-0.25, -0.2) is 0 Å². The zero-order valence-electron chi connectivity index (χ0n) is 8.21. The number of carbonyl (C=O) groups excluding carboxylic acids is 2. The molecule has 0 aromatic rings. The van der Waals surface area contributed by atoms with Crippen molar-refractivity contribution in [1.29, 1.82) is 0 Å². The molecule has 1 unspecified atom stereocenters. The third-order valence-corrected chi connectivity index (χ3v) is 3.01. The molecule has 2 rings (SSSR count). The van der Waals surface area contributed by atoms with Gasteiger partial charge in [0.15, 0.2) is 0 Å². The van der Waals surface area contributed by atoms with Crippen LogP contribution in [-0.4, -0.2) is 23.9 Å². The minimum Gasteiger partial charge on any atom is -0.352 e. The van der Waals surface area contributed by atoms with Crippen LogP contribution in [0.1, 0.15) is 38.5 Å². The number of carbonyl (C=O) groups is 2. The third-order valence-electron chi connectivity index (χ3n) is 3.01. The molecule has 14 heavy (non-hydrogen) atoms. The second kappa shape index (κ2) is 3.98. The van der Waals surface area contributed by atoms with E-state index < -0.39 is 0 Å². The lowest BCUT2D eigenvalue weighted by Gasteiger charge is -2.15. The second-order valence-corrected chi connectivity index (χ2v) is 4.15. The highest BCUT2D eigenvalue weighted by atomic mass is 16.2. The van der Waals surface area contributed by atoms with Crippen LogP contribution in [0.2, 0.25) is 0 Å². The van der Waals surface area contributed by atoms with Gasteiger partial charge in [0.1, 0.15) is 6.04 Å². The summed E-state index contributed by atoms with van der Waals surface area (Å²) in [5.74, 6) is -0.000628. The molecule has 2 fully saturated rings. The zero-order valence-corrected chi connectivity index (χ0v) is 8.21. The molecule has 0 spiro atoms. The van der Waals surface area contributed by atoms with E-state index in [4.69, 9.17) is 0 Å². The van der Waals surface area contributed by atoms with E-state index in [0.717, 1.165) is 12.8 Å². The Morgan fingerprint density at radius 3 is 2.57 bits per heavy atom. The van der Waals surface area contributed by atoms with Crippen LogP contribution in [0.5, 0.6) is 0 Å². The van der Waals surface area contributed by atoms with Gasteiger partial charge in [-0.15, -0.1) is 0 Å². The van der Waals surface area contributed by atoms with E-state index in [1.807, 2.05) is 0 Å². The number of rotatable bonds is 2.